The lowest BCUT2D eigenvalue weighted by Gasteiger charge is -2.22. The molecular formula is C36H36N4O4. The number of para-hydroxylation sites is 2. The Kier molecular flexibility index (Phi) is 9.01. The van der Waals surface area contributed by atoms with Crippen molar-refractivity contribution in [2.24, 2.45) is 0 Å². The zero-order valence-electron chi connectivity index (χ0n) is 25.7. The molecule has 0 unspecified atom stereocenters. The lowest BCUT2D eigenvalue weighted by molar-refractivity contribution is -0.137. The lowest BCUT2D eigenvalue weighted by Crippen LogP contribution is -2.18. The molecule has 0 bridgehead atoms. The van der Waals surface area contributed by atoms with Gasteiger partial charge in [-0.1, -0.05) is 63.1 Å². The molecule has 44 heavy (non-hydrogen) atoms. The minimum absolute atomic E-state index is 0.274. The molecule has 0 saturated heterocycles. The monoisotopic (exact) mass is 588 g/mol. The Hall–Kier alpha value is -5.08. The van der Waals surface area contributed by atoms with Crippen LogP contribution < -0.4 is 0 Å². The molecule has 0 aliphatic carbocycles. The first-order valence-corrected chi connectivity index (χ1v) is 15.1. The number of carbonyl (C=O) groups excluding carboxylic acids is 2. The number of carbonyl (C=O) groups is 2. The summed E-state index contributed by atoms with van der Waals surface area (Å²) in [4.78, 5) is 24.2. The molecule has 2 aromatic heterocycles. The minimum atomic E-state index is -0.274. The molecule has 0 N–H and O–H groups in total. The van der Waals surface area contributed by atoms with E-state index in [-0.39, 0.29) is 11.9 Å². The van der Waals surface area contributed by atoms with Crippen molar-refractivity contribution in [3.05, 3.63) is 82.2 Å². The van der Waals surface area contributed by atoms with E-state index in [0.717, 1.165) is 81.2 Å². The molecular weight excluding hydrogens is 552 g/mol. The van der Waals surface area contributed by atoms with Crippen LogP contribution in [0.15, 0.2) is 59.7 Å². The van der Waals surface area contributed by atoms with Crippen LogP contribution in [0.5, 0.6) is 0 Å². The van der Waals surface area contributed by atoms with Gasteiger partial charge in [0.05, 0.1) is 36.7 Å². The minimum Gasteiger partial charge on any atom is -0.466 e. The third-order valence-corrected chi connectivity index (χ3v) is 8.50. The second-order valence-corrected chi connectivity index (χ2v) is 10.9. The van der Waals surface area contributed by atoms with Crippen molar-refractivity contribution in [3.63, 3.8) is 0 Å². The van der Waals surface area contributed by atoms with Crippen molar-refractivity contribution < 1.29 is 19.1 Å². The van der Waals surface area contributed by atoms with Crippen molar-refractivity contribution in [2.45, 2.75) is 65.5 Å². The second kappa shape index (κ2) is 13.1. The third-order valence-electron chi connectivity index (χ3n) is 8.50. The molecule has 0 radical (unpaired) electrons. The Balaban J connectivity index is 0.000000175. The van der Waals surface area contributed by atoms with Gasteiger partial charge in [-0.2, -0.15) is 10.5 Å². The number of nitriles is 2. The number of hydrogen-bond donors (Lipinski definition) is 0. The van der Waals surface area contributed by atoms with Crippen LogP contribution in [0.25, 0.3) is 33.0 Å². The van der Waals surface area contributed by atoms with E-state index in [9.17, 15) is 20.1 Å². The second-order valence-electron chi connectivity index (χ2n) is 10.9. The van der Waals surface area contributed by atoms with Gasteiger partial charge in [-0.25, -0.2) is 9.59 Å². The van der Waals surface area contributed by atoms with Crippen LogP contribution in [0, 0.1) is 22.7 Å². The summed E-state index contributed by atoms with van der Waals surface area (Å²) < 4.78 is 14.2. The number of esters is 2. The Labute approximate surface area is 257 Å². The summed E-state index contributed by atoms with van der Waals surface area (Å²) in [5.41, 5.74) is 8.63. The fraction of sp³-hybridized carbons (Fsp3) is 0.333. The molecule has 4 aromatic rings. The topological polar surface area (TPSA) is 110 Å². The fourth-order valence-corrected chi connectivity index (χ4v) is 6.70. The standard InChI is InChI=1S/2C18H18N2O2/c2*1-3-6-13-14(18(21)22-2)9-10-20-16-8-5-4-7-12(16)15(11-19)17(13)20/h2*4-5,7-8H,3,6,9-10H2,1-2H3. The highest BCUT2D eigenvalue weighted by Gasteiger charge is 2.30. The van der Waals surface area contributed by atoms with Crippen LogP contribution in [0.3, 0.4) is 0 Å². The average molecular weight is 589 g/mol. The summed E-state index contributed by atoms with van der Waals surface area (Å²) in [5, 5.41) is 21.2. The van der Waals surface area contributed by atoms with Crippen LogP contribution >= 0.6 is 0 Å². The highest BCUT2D eigenvalue weighted by molar-refractivity contribution is 6.03. The zero-order chi connectivity index (χ0) is 31.4. The van der Waals surface area contributed by atoms with Crippen LogP contribution in [0.2, 0.25) is 0 Å². The number of aryl methyl sites for hydroxylation is 2. The maximum absolute atomic E-state index is 12.1. The van der Waals surface area contributed by atoms with Gasteiger partial charge in [-0.3, -0.25) is 0 Å². The van der Waals surface area contributed by atoms with E-state index in [4.69, 9.17) is 9.47 Å². The maximum Gasteiger partial charge on any atom is 0.334 e. The van der Waals surface area contributed by atoms with Crippen molar-refractivity contribution in [1.29, 1.82) is 10.5 Å². The molecule has 4 heterocycles. The number of aromatic nitrogens is 2. The number of fused-ring (bicyclic) bond motifs is 6. The van der Waals surface area contributed by atoms with Crippen molar-refractivity contribution in [1.82, 2.24) is 9.13 Å². The Morgan fingerprint density at radius 2 is 1.09 bits per heavy atom. The predicted molar refractivity (Wildman–Crippen MR) is 170 cm³/mol. The third kappa shape index (κ3) is 5.07. The van der Waals surface area contributed by atoms with Gasteiger partial charge >= 0.3 is 11.9 Å². The highest BCUT2D eigenvalue weighted by Crippen LogP contribution is 2.40. The number of allylic oxidation sites excluding steroid dienone is 2. The first-order valence-electron chi connectivity index (χ1n) is 15.1. The lowest BCUT2D eigenvalue weighted by atomic mass is 9.93. The van der Waals surface area contributed by atoms with Crippen molar-refractivity contribution in [2.75, 3.05) is 14.2 Å². The van der Waals surface area contributed by atoms with E-state index in [2.05, 4.69) is 35.1 Å². The van der Waals surface area contributed by atoms with Gasteiger partial charge in [0, 0.05) is 46.0 Å². The number of ether oxygens (including phenoxy) is 2. The van der Waals surface area contributed by atoms with Gasteiger partial charge in [-0.15, -0.1) is 0 Å². The summed E-state index contributed by atoms with van der Waals surface area (Å²) >= 11 is 0. The number of nitrogens with zero attached hydrogens (tertiary/aromatic N) is 4. The van der Waals surface area contributed by atoms with Crippen molar-refractivity contribution >= 4 is 44.9 Å². The maximum atomic E-state index is 12.1. The average Bonchev–Trinajstić information content (AvgIpc) is 3.57. The predicted octanol–water partition coefficient (Wildman–Crippen LogP) is 7.29. The quantitative estimate of drug-likeness (QED) is 0.219. The molecule has 224 valence electrons. The molecule has 8 heteroatoms. The molecule has 0 amide bonds. The zero-order valence-corrected chi connectivity index (χ0v) is 25.7. The number of methoxy groups -OCH3 is 2. The van der Waals surface area contributed by atoms with Gasteiger partial charge in [0.25, 0.3) is 0 Å². The van der Waals surface area contributed by atoms with E-state index in [1.165, 1.54) is 14.2 Å². The molecule has 0 saturated carbocycles. The van der Waals surface area contributed by atoms with E-state index >= 15 is 0 Å². The Morgan fingerprint density at radius 1 is 0.705 bits per heavy atom. The summed E-state index contributed by atoms with van der Waals surface area (Å²) in [6.07, 6.45) is 4.69. The molecule has 0 fully saturated rings. The van der Waals surface area contributed by atoms with Gasteiger partial charge in [0.1, 0.15) is 12.1 Å². The largest absolute Gasteiger partial charge is 0.466 e. The molecule has 2 aliphatic heterocycles. The molecule has 0 atom stereocenters. The Morgan fingerprint density at radius 3 is 1.43 bits per heavy atom. The number of benzene rings is 2. The summed E-state index contributed by atoms with van der Waals surface area (Å²) in [5.74, 6) is -0.548. The fourth-order valence-electron chi connectivity index (χ4n) is 6.70. The normalized spacial score (nSPS) is 13.9. The first-order chi connectivity index (χ1) is 21.4. The molecule has 2 aliphatic rings. The molecule has 2 aromatic carbocycles. The van der Waals surface area contributed by atoms with Gasteiger partial charge in [-0.05, 0) is 49.0 Å². The van der Waals surface area contributed by atoms with E-state index in [1.807, 2.05) is 48.5 Å². The van der Waals surface area contributed by atoms with Gasteiger partial charge < -0.3 is 18.6 Å². The van der Waals surface area contributed by atoms with Crippen molar-refractivity contribution in [3.8, 4) is 12.1 Å². The summed E-state index contributed by atoms with van der Waals surface area (Å²) in [6, 6.07) is 20.5. The van der Waals surface area contributed by atoms with E-state index in [0.29, 0.717) is 37.1 Å². The first kappa shape index (κ1) is 30.4. The van der Waals surface area contributed by atoms with Gasteiger partial charge in [0.15, 0.2) is 0 Å². The van der Waals surface area contributed by atoms with E-state index in [1.54, 1.807) is 0 Å². The van der Waals surface area contributed by atoms with E-state index < -0.39 is 0 Å². The number of hydrogen-bond acceptors (Lipinski definition) is 6. The molecule has 6 rings (SSSR count). The summed E-state index contributed by atoms with van der Waals surface area (Å²) in [7, 11) is 2.82. The van der Waals surface area contributed by atoms with Crippen LogP contribution in [-0.4, -0.2) is 35.3 Å². The Bertz CT molecular complexity index is 1780. The summed E-state index contributed by atoms with van der Waals surface area (Å²) in [6.45, 7) is 5.56. The smallest absolute Gasteiger partial charge is 0.334 e. The molecule has 8 nitrogen and oxygen atoms in total. The molecule has 0 spiro atoms. The van der Waals surface area contributed by atoms with Crippen LogP contribution in [0.4, 0.5) is 0 Å². The highest BCUT2D eigenvalue weighted by atomic mass is 16.5. The van der Waals surface area contributed by atoms with Gasteiger partial charge in [0.2, 0.25) is 0 Å². The SMILES string of the molecule is CCCC1=C(C(=O)OC)CCn2c1c(C#N)c1ccccc12.CCCC1=C(C(=O)OC)CCn2c1c(C#N)c1ccccc12. The van der Waals surface area contributed by atoms with Crippen LogP contribution in [0.1, 0.15) is 74.9 Å². The number of rotatable bonds is 6. The van der Waals surface area contributed by atoms with Crippen LogP contribution in [-0.2, 0) is 32.2 Å².